The fourth-order valence-corrected chi connectivity index (χ4v) is 4.64. The smallest absolute Gasteiger partial charge is 0.272 e. The minimum atomic E-state index is -0.147. The van der Waals surface area contributed by atoms with Crippen LogP contribution in [0.2, 0.25) is 0 Å². The van der Waals surface area contributed by atoms with Gasteiger partial charge in [-0.3, -0.25) is 9.59 Å². The maximum Gasteiger partial charge on any atom is 0.272 e. The molecule has 0 radical (unpaired) electrons. The van der Waals surface area contributed by atoms with E-state index in [9.17, 15) is 9.59 Å². The van der Waals surface area contributed by atoms with Gasteiger partial charge in [0, 0.05) is 24.3 Å². The standard InChI is InChI=1S/C22H22N4O2S/c1-14-13-20(26(16(3)27)17-9-5-4-6-10-17)18-11-7-8-12-19(18)25(14)22(28)21-15(2)23-24-29-21/h4-12,14,20H,13H2,1-3H3/t14-,20+/m1/s1. The normalized spacial score (nSPS) is 18.2. The minimum absolute atomic E-state index is 0.0227. The van der Waals surface area contributed by atoms with Gasteiger partial charge < -0.3 is 9.80 Å². The lowest BCUT2D eigenvalue weighted by molar-refractivity contribution is -0.117. The molecule has 2 atom stereocenters. The van der Waals surface area contributed by atoms with Gasteiger partial charge in [-0.15, -0.1) is 5.10 Å². The number of anilines is 2. The molecule has 0 N–H and O–H groups in total. The minimum Gasteiger partial charge on any atom is -0.305 e. The van der Waals surface area contributed by atoms with Crippen molar-refractivity contribution in [2.75, 3.05) is 9.80 Å². The first-order valence-electron chi connectivity index (χ1n) is 9.55. The molecule has 2 heterocycles. The zero-order valence-electron chi connectivity index (χ0n) is 16.6. The summed E-state index contributed by atoms with van der Waals surface area (Å²) in [5.74, 6) is -0.115. The Hall–Kier alpha value is -3.06. The van der Waals surface area contributed by atoms with Crippen molar-refractivity contribution in [1.29, 1.82) is 0 Å². The van der Waals surface area contributed by atoms with E-state index in [1.807, 2.05) is 71.3 Å². The first kappa shape index (κ1) is 19.3. The topological polar surface area (TPSA) is 66.4 Å². The Kier molecular flexibility index (Phi) is 5.15. The van der Waals surface area contributed by atoms with Crippen molar-refractivity contribution in [2.24, 2.45) is 0 Å². The molecule has 7 heteroatoms. The number of benzene rings is 2. The summed E-state index contributed by atoms with van der Waals surface area (Å²) in [5.41, 5.74) is 3.29. The summed E-state index contributed by atoms with van der Waals surface area (Å²) < 4.78 is 3.92. The van der Waals surface area contributed by atoms with Gasteiger partial charge >= 0.3 is 0 Å². The molecule has 2 amide bonds. The first-order valence-corrected chi connectivity index (χ1v) is 10.3. The van der Waals surface area contributed by atoms with E-state index in [4.69, 9.17) is 0 Å². The monoisotopic (exact) mass is 406 g/mol. The third kappa shape index (κ3) is 3.42. The van der Waals surface area contributed by atoms with Crippen LogP contribution in [0.4, 0.5) is 11.4 Å². The number of para-hydroxylation sites is 2. The van der Waals surface area contributed by atoms with Crippen molar-refractivity contribution in [2.45, 2.75) is 39.3 Å². The van der Waals surface area contributed by atoms with Crippen LogP contribution < -0.4 is 9.80 Å². The van der Waals surface area contributed by atoms with Crippen molar-refractivity contribution < 1.29 is 9.59 Å². The van der Waals surface area contributed by atoms with E-state index >= 15 is 0 Å². The number of hydrogen-bond acceptors (Lipinski definition) is 5. The molecule has 0 spiro atoms. The van der Waals surface area contributed by atoms with Gasteiger partial charge in [-0.2, -0.15) is 0 Å². The second kappa shape index (κ2) is 7.75. The van der Waals surface area contributed by atoms with Crippen LogP contribution >= 0.6 is 11.5 Å². The maximum absolute atomic E-state index is 13.3. The van der Waals surface area contributed by atoms with E-state index < -0.39 is 0 Å². The molecule has 0 bridgehead atoms. The number of fused-ring (bicyclic) bond motifs is 1. The highest BCUT2D eigenvalue weighted by atomic mass is 32.1. The summed E-state index contributed by atoms with van der Waals surface area (Å²) in [6, 6.07) is 17.3. The fraction of sp³-hybridized carbons (Fsp3) is 0.273. The van der Waals surface area contributed by atoms with Crippen molar-refractivity contribution in [3.63, 3.8) is 0 Å². The summed E-state index contributed by atoms with van der Waals surface area (Å²) in [7, 11) is 0. The van der Waals surface area contributed by atoms with Gasteiger partial charge in [0.25, 0.3) is 5.91 Å². The summed E-state index contributed by atoms with van der Waals surface area (Å²) in [6.45, 7) is 5.41. The van der Waals surface area contributed by atoms with Gasteiger partial charge in [0.05, 0.1) is 11.7 Å². The molecule has 1 aromatic heterocycles. The van der Waals surface area contributed by atoms with Crippen LogP contribution in [0.1, 0.15) is 47.2 Å². The van der Waals surface area contributed by atoms with Crippen LogP contribution in [-0.2, 0) is 4.79 Å². The lowest BCUT2D eigenvalue weighted by Crippen LogP contribution is -2.47. The molecule has 0 aliphatic carbocycles. The number of carbonyl (C=O) groups is 2. The van der Waals surface area contributed by atoms with Crippen molar-refractivity contribution >= 4 is 34.7 Å². The lowest BCUT2D eigenvalue weighted by Gasteiger charge is -2.43. The number of rotatable bonds is 3. The predicted molar refractivity (Wildman–Crippen MR) is 114 cm³/mol. The quantitative estimate of drug-likeness (QED) is 0.647. The molecule has 148 valence electrons. The molecule has 0 fully saturated rings. The van der Waals surface area contributed by atoms with Crippen molar-refractivity contribution in [3.8, 4) is 0 Å². The highest BCUT2D eigenvalue weighted by molar-refractivity contribution is 7.08. The Morgan fingerprint density at radius 1 is 1.10 bits per heavy atom. The molecule has 29 heavy (non-hydrogen) atoms. The number of hydrogen-bond donors (Lipinski definition) is 0. The first-order chi connectivity index (χ1) is 14.0. The molecular weight excluding hydrogens is 384 g/mol. The highest BCUT2D eigenvalue weighted by Gasteiger charge is 2.38. The average molecular weight is 407 g/mol. The SMILES string of the molecule is CC(=O)N(c1ccccc1)[C@H]1C[C@@H](C)N(C(=O)c2snnc2C)c2ccccc21. The van der Waals surface area contributed by atoms with Gasteiger partial charge in [-0.1, -0.05) is 40.9 Å². The van der Waals surface area contributed by atoms with E-state index in [0.29, 0.717) is 17.0 Å². The fourth-order valence-electron chi connectivity index (χ4n) is 4.04. The highest BCUT2D eigenvalue weighted by Crippen LogP contribution is 2.42. The van der Waals surface area contributed by atoms with Crippen LogP contribution in [0, 0.1) is 6.92 Å². The summed E-state index contributed by atoms with van der Waals surface area (Å²) in [4.78, 5) is 30.1. The van der Waals surface area contributed by atoms with Gasteiger partial charge in [-0.25, -0.2) is 0 Å². The van der Waals surface area contributed by atoms with Crippen LogP contribution in [0.25, 0.3) is 0 Å². The lowest BCUT2D eigenvalue weighted by atomic mass is 9.89. The third-order valence-corrected chi connectivity index (χ3v) is 6.13. The van der Waals surface area contributed by atoms with Gasteiger partial charge in [0.1, 0.15) is 4.88 Å². The predicted octanol–water partition coefficient (Wildman–Crippen LogP) is 4.38. The Balaban J connectivity index is 1.80. The van der Waals surface area contributed by atoms with E-state index in [0.717, 1.165) is 28.5 Å². The van der Waals surface area contributed by atoms with Crippen LogP contribution in [-0.4, -0.2) is 27.4 Å². The Morgan fingerprint density at radius 2 is 1.79 bits per heavy atom. The Bertz CT molecular complexity index is 1050. The maximum atomic E-state index is 13.3. The van der Waals surface area contributed by atoms with Gasteiger partial charge in [-0.05, 0) is 55.6 Å². The molecule has 3 aromatic rings. The van der Waals surface area contributed by atoms with Crippen molar-refractivity contribution in [1.82, 2.24) is 9.59 Å². The van der Waals surface area contributed by atoms with Crippen LogP contribution in [0.15, 0.2) is 54.6 Å². The molecule has 1 aliphatic rings. The molecule has 6 nitrogen and oxygen atoms in total. The van der Waals surface area contributed by atoms with Crippen LogP contribution in [0.3, 0.4) is 0 Å². The summed E-state index contributed by atoms with van der Waals surface area (Å²) in [5, 5.41) is 3.99. The van der Waals surface area contributed by atoms with E-state index in [2.05, 4.69) is 9.59 Å². The van der Waals surface area contributed by atoms with Crippen molar-refractivity contribution in [3.05, 3.63) is 70.7 Å². The zero-order chi connectivity index (χ0) is 20.5. The molecule has 0 saturated carbocycles. The molecule has 4 rings (SSSR count). The Labute approximate surface area is 173 Å². The van der Waals surface area contributed by atoms with E-state index in [-0.39, 0.29) is 23.9 Å². The summed E-state index contributed by atoms with van der Waals surface area (Å²) >= 11 is 1.12. The average Bonchev–Trinajstić information content (AvgIpc) is 3.14. The summed E-state index contributed by atoms with van der Waals surface area (Å²) in [6.07, 6.45) is 0.641. The molecule has 0 unspecified atom stereocenters. The second-order valence-electron chi connectivity index (χ2n) is 7.25. The van der Waals surface area contributed by atoms with E-state index in [1.165, 1.54) is 0 Å². The third-order valence-electron chi connectivity index (χ3n) is 5.31. The van der Waals surface area contributed by atoms with Crippen LogP contribution in [0.5, 0.6) is 0 Å². The molecule has 1 aliphatic heterocycles. The number of nitrogens with zero attached hydrogens (tertiary/aromatic N) is 4. The number of carbonyl (C=O) groups excluding carboxylic acids is 2. The molecule has 2 aromatic carbocycles. The molecule has 0 saturated heterocycles. The van der Waals surface area contributed by atoms with E-state index in [1.54, 1.807) is 13.8 Å². The number of aryl methyl sites for hydroxylation is 1. The largest absolute Gasteiger partial charge is 0.305 e. The second-order valence-corrected chi connectivity index (χ2v) is 8.00. The number of amides is 2. The zero-order valence-corrected chi connectivity index (χ0v) is 17.4. The molecular formula is C22H22N4O2S. The Morgan fingerprint density at radius 3 is 2.45 bits per heavy atom. The number of aromatic nitrogens is 2. The van der Waals surface area contributed by atoms with Gasteiger partial charge in [0.15, 0.2) is 0 Å². The van der Waals surface area contributed by atoms with Gasteiger partial charge in [0.2, 0.25) is 5.91 Å².